The van der Waals surface area contributed by atoms with Crippen LogP contribution < -0.4 is 5.32 Å². The van der Waals surface area contributed by atoms with Gasteiger partial charge in [-0.2, -0.15) is 0 Å². The van der Waals surface area contributed by atoms with E-state index in [1.165, 1.54) is 0 Å². The van der Waals surface area contributed by atoms with Crippen LogP contribution in [0.25, 0.3) is 0 Å². The highest BCUT2D eigenvalue weighted by Gasteiger charge is 2.36. The van der Waals surface area contributed by atoms with Crippen LogP contribution in [-0.2, 0) is 0 Å². The molecule has 2 N–H and O–H groups in total. The molecule has 2 rings (SSSR count). The lowest BCUT2D eigenvalue weighted by Crippen LogP contribution is -2.53. The number of nitrogens with one attached hydrogen (secondary N) is 1. The van der Waals surface area contributed by atoms with Crippen LogP contribution in [0.4, 0.5) is 0 Å². The van der Waals surface area contributed by atoms with Crippen molar-refractivity contribution in [2.24, 2.45) is 5.92 Å². The number of aryl methyl sites for hydroxylation is 1. The molecule has 0 bridgehead atoms. The molecule has 1 aliphatic rings. The molecule has 2 atom stereocenters. The summed E-state index contributed by atoms with van der Waals surface area (Å²) >= 11 is 6.20. The number of halogens is 1. The van der Waals surface area contributed by atoms with Crippen molar-refractivity contribution in [2.75, 3.05) is 6.61 Å². The Hall–Kier alpha value is -1.06. The SMILES string of the molecule is Cc1cccc(C(=O)NC2(CO)CCCC(C)C2)c1Cl. The van der Waals surface area contributed by atoms with E-state index in [-0.39, 0.29) is 12.5 Å². The zero-order chi connectivity index (χ0) is 14.8. The topological polar surface area (TPSA) is 49.3 Å². The Morgan fingerprint density at radius 2 is 2.30 bits per heavy atom. The van der Waals surface area contributed by atoms with E-state index in [1.807, 2.05) is 19.1 Å². The zero-order valence-corrected chi connectivity index (χ0v) is 12.8. The van der Waals surface area contributed by atoms with Crippen molar-refractivity contribution >= 4 is 17.5 Å². The molecule has 0 saturated heterocycles. The summed E-state index contributed by atoms with van der Waals surface area (Å²) in [5, 5.41) is 13.2. The second-order valence-electron chi connectivity index (χ2n) is 6.03. The smallest absolute Gasteiger partial charge is 0.253 e. The summed E-state index contributed by atoms with van der Waals surface area (Å²) in [5.74, 6) is 0.325. The molecule has 1 aromatic rings. The van der Waals surface area contributed by atoms with E-state index >= 15 is 0 Å². The first kappa shape index (κ1) is 15.3. The van der Waals surface area contributed by atoms with Crippen molar-refractivity contribution in [1.82, 2.24) is 5.32 Å². The van der Waals surface area contributed by atoms with E-state index in [0.717, 1.165) is 31.2 Å². The molecule has 0 radical (unpaired) electrons. The van der Waals surface area contributed by atoms with E-state index in [2.05, 4.69) is 12.2 Å². The molecule has 0 aromatic heterocycles. The number of aliphatic hydroxyl groups excluding tert-OH is 1. The van der Waals surface area contributed by atoms with Gasteiger partial charge in [-0.3, -0.25) is 4.79 Å². The summed E-state index contributed by atoms with van der Waals surface area (Å²) in [5.41, 5.74) is 0.869. The molecule has 1 aromatic carbocycles. The third-order valence-corrected chi connectivity index (χ3v) is 4.71. The molecule has 0 aliphatic heterocycles. The van der Waals surface area contributed by atoms with Crippen molar-refractivity contribution in [1.29, 1.82) is 0 Å². The lowest BCUT2D eigenvalue weighted by atomic mass is 9.76. The molecule has 1 aliphatic carbocycles. The van der Waals surface area contributed by atoms with Gasteiger partial charge in [-0.05, 0) is 37.3 Å². The largest absolute Gasteiger partial charge is 0.394 e. The minimum absolute atomic E-state index is 0.0213. The predicted octanol–water partition coefficient (Wildman–Crippen LogP) is 3.32. The van der Waals surface area contributed by atoms with Crippen LogP contribution in [0, 0.1) is 12.8 Å². The number of carbonyl (C=O) groups is 1. The van der Waals surface area contributed by atoms with Crippen molar-refractivity contribution in [2.45, 2.75) is 45.1 Å². The summed E-state index contributed by atoms with van der Waals surface area (Å²) < 4.78 is 0. The third kappa shape index (κ3) is 3.15. The summed E-state index contributed by atoms with van der Waals surface area (Å²) in [7, 11) is 0. The molecule has 1 amide bonds. The van der Waals surface area contributed by atoms with Gasteiger partial charge in [-0.25, -0.2) is 0 Å². The molecule has 0 spiro atoms. The monoisotopic (exact) mass is 295 g/mol. The molecule has 0 heterocycles. The van der Waals surface area contributed by atoms with Crippen molar-refractivity contribution in [3.05, 3.63) is 34.3 Å². The van der Waals surface area contributed by atoms with Gasteiger partial charge in [0.1, 0.15) is 0 Å². The number of aliphatic hydroxyl groups is 1. The van der Waals surface area contributed by atoms with Crippen LogP contribution in [-0.4, -0.2) is 23.2 Å². The normalized spacial score (nSPS) is 26.3. The summed E-state index contributed by atoms with van der Waals surface area (Å²) in [6, 6.07) is 5.43. The van der Waals surface area contributed by atoms with Crippen LogP contribution in [0.1, 0.15) is 48.5 Å². The first-order valence-corrected chi connectivity index (χ1v) is 7.54. The van der Waals surface area contributed by atoms with E-state index < -0.39 is 5.54 Å². The Kier molecular flexibility index (Phi) is 4.71. The minimum atomic E-state index is -0.498. The van der Waals surface area contributed by atoms with Crippen LogP contribution in [0.15, 0.2) is 18.2 Å². The van der Waals surface area contributed by atoms with Crippen LogP contribution in [0.2, 0.25) is 5.02 Å². The molecular formula is C16H22ClNO2. The quantitative estimate of drug-likeness (QED) is 0.899. The van der Waals surface area contributed by atoms with Crippen LogP contribution >= 0.6 is 11.6 Å². The maximum Gasteiger partial charge on any atom is 0.253 e. The van der Waals surface area contributed by atoms with Crippen molar-refractivity contribution in [3.63, 3.8) is 0 Å². The Morgan fingerprint density at radius 3 is 2.95 bits per heavy atom. The predicted molar refractivity (Wildman–Crippen MR) is 81.1 cm³/mol. The highest BCUT2D eigenvalue weighted by Crippen LogP contribution is 2.32. The molecule has 2 unspecified atom stereocenters. The molecule has 110 valence electrons. The van der Waals surface area contributed by atoms with Gasteiger partial charge in [0.2, 0.25) is 0 Å². The van der Waals surface area contributed by atoms with E-state index in [9.17, 15) is 9.90 Å². The number of benzene rings is 1. The molecule has 1 saturated carbocycles. The molecule has 4 heteroatoms. The number of amides is 1. The molecule has 1 fully saturated rings. The second kappa shape index (κ2) is 6.15. The van der Waals surface area contributed by atoms with Gasteiger partial charge in [0.15, 0.2) is 0 Å². The van der Waals surface area contributed by atoms with E-state index in [4.69, 9.17) is 11.6 Å². The Balaban J connectivity index is 2.19. The fraction of sp³-hybridized carbons (Fsp3) is 0.562. The second-order valence-corrected chi connectivity index (χ2v) is 6.41. The zero-order valence-electron chi connectivity index (χ0n) is 12.1. The summed E-state index contributed by atoms with van der Waals surface area (Å²) in [4.78, 5) is 12.5. The summed E-state index contributed by atoms with van der Waals surface area (Å²) in [6.45, 7) is 4.02. The Bertz CT molecular complexity index is 503. The Labute approximate surface area is 125 Å². The standard InChI is InChI=1S/C16H22ClNO2/c1-11-5-4-8-16(9-11,10-19)18-15(20)13-7-3-6-12(2)14(13)17/h3,6-7,11,19H,4-5,8-10H2,1-2H3,(H,18,20). The van der Waals surface area contributed by atoms with Gasteiger partial charge >= 0.3 is 0 Å². The van der Waals surface area contributed by atoms with Crippen LogP contribution in [0.5, 0.6) is 0 Å². The minimum Gasteiger partial charge on any atom is -0.394 e. The number of carbonyl (C=O) groups excluding carboxylic acids is 1. The fourth-order valence-corrected chi connectivity index (χ4v) is 3.30. The molecule has 3 nitrogen and oxygen atoms in total. The van der Waals surface area contributed by atoms with E-state index in [0.29, 0.717) is 16.5 Å². The van der Waals surface area contributed by atoms with Gasteiger partial charge < -0.3 is 10.4 Å². The van der Waals surface area contributed by atoms with Gasteiger partial charge in [-0.15, -0.1) is 0 Å². The van der Waals surface area contributed by atoms with Gasteiger partial charge in [0.05, 0.1) is 22.7 Å². The van der Waals surface area contributed by atoms with Crippen molar-refractivity contribution in [3.8, 4) is 0 Å². The lowest BCUT2D eigenvalue weighted by Gasteiger charge is -2.39. The van der Waals surface area contributed by atoms with Gasteiger partial charge in [0.25, 0.3) is 5.91 Å². The summed E-state index contributed by atoms with van der Waals surface area (Å²) in [6.07, 6.45) is 3.83. The van der Waals surface area contributed by atoms with Gasteiger partial charge in [0, 0.05) is 0 Å². The Morgan fingerprint density at radius 1 is 1.55 bits per heavy atom. The van der Waals surface area contributed by atoms with Gasteiger partial charge in [-0.1, -0.05) is 43.5 Å². The highest BCUT2D eigenvalue weighted by atomic mass is 35.5. The van der Waals surface area contributed by atoms with Crippen molar-refractivity contribution < 1.29 is 9.90 Å². The fourth-order valence-electron chi connectivity index (χ4n) is 3.09. The molecular weight excluding hydrogens is 274 g/mol. The number of hydrogen-bond donors (Lipinski definition) is 2. The lowest BCUT2D eigenvalue weighted by molar-refractivity contribution is 0.0697. The molecule has 20 heavy (non-hydrogen) atoms. The maximum atomic E-state index is 12.5. The third-order valence-electron chi connectivity index (χ3n) is 4.21. The first-order valence-electron chi connectivity index (χ1n) is 7.16. The van der Waals surface area contributed by atoms with Crippen LogP contribution in [0.3, 0.4) is 0 Å². The average Bonchev–Trinajstić information content (AvgIpc) is 2.41. The maximum absolute atomic E-state index is 12.5. The number of hydrogen-bond acceptors (Lipinski definition) is 2. The average molecular weight is 296 g/mol. The number of rotatable bonds is 3. The van der Waals surface area contributed by atoms with E-state index in [1.54, 1.807) is 6.07 Å². The highest BCUT2D eigenvalue weighted by molar-refractivity contribution is 6.34. The first-order chi connectivity index (χ1) is 9.47.